The minimum atomic E-state index is -0.340. The molecule has 2 aromatic rings. The van der Waals surface area contributed by atoms with E-state index in [0.29, 0.717) is 29.0 Å². The summed E-state index contributed by atoms with van der Waals surface area (Å²) < 4.78 is 5.82. The molecule has 8 heteroatoms. The molecule has 1 N–H and O–H groups in total. The molecule has 1 saturated heterocycles. The van der Waals surface area contributed by atoms with Crippen LogP contribution in [0.3, 0.4) is 0 Å². The van der Waals surface area contributed by atoms with Crippen LogP contribution in [0.1, 0.15) is 46.6 Å². The molecule has 1 aliphatic heterocycles. The van der Waals surface area contributed by atoms with E-state index >= 15 is 0 Å². The van der Waals surface area contributed by atoms with Gasteiger partial charge >= 0.3 is 0 Å². The number of rotatable bonds is 5. The topological polar surface area (TPSA) is 82.9 Å². The number of carbonyl (C=O) groups is 3. The summed E-state index contributed by atoms with van der Waals surface area (Å²) in [6, 6.07) is 10.3. The largest absolute Gasteiger partial charge is 0.444 e. The summed E-state index contributed by atoms with van der Waals surface area (Å²) in [4.78, 5) is 41.2. The Hall–Kier alpha value is -2.61. The molecular formula is C22H24BrN3O4. The highest BCUT2D eigenvalue weighted by atomic mass is 79.9. The van der Waals surface area contributed by atoms with Gasteiger partial charge in [-0.3, -0.25) is 14.4 Å². The number of benzene rings is 1. The van der Waals surface area contributed by atoms with Crippen molar-refractivity contribution in [2.75, 3.05) is 25.0 Å². The quantitative estimate of drug-likeness (QED) is 0.720. The van der Waals surface area contributed by atoms with Crippen LogP contribution in [0.4, 0.5) is 5.69 Å². The fourth-order valence-electron chi connectivity index (χ4n) is 3.76. The van der Waals surface area contributed by atoms with Gasteiger partial charge in [0.05, 0.1) is 11.3 Å². The van der Waals surface area contributed by atoms with Gasteiger partial charge in [-0.25, -0.2) is 0 Å². The van der Waals surface area contributed by atoms with Crippen LogP contribution in [-0.4, -0.2) is 48.8 Å². The number of amides is 3. The zero-order valence-electron chi connectivity index (χ0n) is 16.8. The first-order chi connectivity index (χ1) is 14.4. The Bertz CT molecular complexity index is 961. The summed E-state index contributed by atoms with van der Waals surface area (Å²) in [5, 5.41) is 3.07. The fourth-order valence-corrected chi connectivity index (χ4v) is 4.06. The predicted octanol–water partition coefficient (Wildman–Crippen LogP) is 3.45. The minimum absolute atomic E-state index is 0.0100. The first-order valence-electron chi connectivity index (χ1n) is 10.2. The maximum Gasteiger partial charge on any atom is 0.293 e. The number of anilines is 1. The molecule has 4 rings (SSSR count). The number of likely N-dealkylation sites (tertiary alicyclic amines) is 1. The van der Waals surface area contributed by atoms with Crippen molar-refractivity contribution in [3.63, 3.8) is 0 Å². The number of piperidine rings is 1. The molecule has 0 bridgehead atoms. The van der Waals surface area contributed by atoms with Gasteiger partial charge < -0.3 is 19.5 Å². The van der Waals surface area contributed by atoms with Crippen LogP contribution in [-0.2, 0) is 4.79 Å². The predicted molar refractivity (Wildman–Crippen MR) is 115 cm³/mol. The van der Waals surface area contributed by atoms with Crippen molar-refractivity contribution in [2.24, 2.45) is 5.92 Å². The maximum absolute atomic E-state index is 13.0. The lowest BCUT2D eigenvalue weighted by molar-refractivity contribution is -0.133. The van der Waals surface area contributed by atoms with Crippen molar-refractivity contribution >= 4 is 39.3 Å². The van der Waals surface area contributed by atoms with E-state index in [2.05, 4.69) is 21.2 Å². The Morgan fingerprint density at radius 3 is 2.40 bits per heavy atom. The van der Waals surface area contributed by atoms with Crippen LogP contribution in [0.2, 0.25) is 0 Å². The van der Waals surface area contributed by atoms with Crippen LogP contribution in [0.5, 0.6) is 0 Å². The van der Waals surface area contributed by atoms with Crippen molar-refractivity contribution < 1.29 is 18.8 Å². The van der Waals surface area contributed by atoms with Crippen LogP contribution in [0, 0.1) is 5.92 Å². The number of para-hydroxylation sites is 1. The third kappa shape index (κ3) is 4.43. The summed E-state index contributed by atoms with van der Waals surface area (Å²) in [5.41, 5.74) is 0.935. The van der Waals surface area contributed by atoms with E-state index in [0.717, 1.165) is 25.7 Å². The molecule has 0 spiro atoms. The molecule has 1 aliphatic carbocycles. The number of hydrogen-bond donors (Lipinski definition) is 1. The lowest BCUT2D eigenvalue weighted by Crippen LogP contribution is -2.47. The highest BCUT2D eigenvalue weighted by molar-refractivity contribution is 9.10. The zero-order chi connectivity index (χ0) is 21.3. The normalized spacial score (nSPS) is 16.9. The number of nitrogens with zero attached hydrogens (tertiary/aromatic N) is 2. The summed E-state index contributed by atoms with van der Waals surface area (Å²) in [5.74, 6) is 0.110. The summed E-state index contributed by atoms with van der Waals surface area (Å²) in [6.45, 7) is 1.35. The third-order valence-electron chi connectivity index (χ3n) is 5.67. The fraction of sp³-hybridized carbons (Fsp3) is 0.409. The van der Waals surface area contributed by atoms with Gasteiger partial charge in [0, 0.05) is 32.1 Å². The average Bonchev–Trinajstić information content (AvgIpc) is 3.53. The minimum Gasteiger partial charge on any atom is -0.444 e. The third-order valence-corrected chi connectivity index (χ3v) is 6.09. The van der Waals surface area contributed by atoms with E-state index in [4.69, 9.17) is 4.42 Å². The molecule has 0 atom stereocenters. The summed E-state index contributed by atoms with van der Waals surface area (Å²) >= 11 is 3.20. The number of furan rings is 1. The Kier molecular flexibility index (Phi) is 5.94. The van der Waals surface area contributed by atoms with Crippen molar-refractivity contribution in [2.45, 2.75) is 31.7 Å². The molecule has 30 heavy (non-hydrogen) atoms. The van der Waals surface area contributed by atoms with Crippen molar-refractivity contribution in [3.05, 3.63) is 52.4 Å². The Balaban J connectivity index is 1.41. The second-order valence-electron chi connectivity index (χ2n) is 7.83. The van der Waals surface area contributed by atoms with Gasteiger partial charge in [0.15, 0.2) is 10.4 Å². The summed E-state index contributed by atoms with van der Waals surface area (Å²) in [6.07, 6.45) is 3.49. The molecule has 0 radical (unpaired) electrons. The molecular weight excluding hydrogens is 450 g/mol. The van der Waals surface area contributed by atoms with Crippen LogP contribution < -0.4 is 10.2 Å². The second-order valence-corrected chi connectivity index (χ2v) is 8.61. The van der Waals surface area contributed by atoms with E-state index in [9.17, 15) is 14.4 Å². The van der Waals surface area contributed by atoms with Gasteiger partial charge in [-0.2, -0.15) is 0 Å². The Labute approximate surface area is 183 Å². The van der Waals surface area contributed by atoms with Gasteiger partial charge in [0.25, 0.3) is 11.8 Å². The zero-order valence-corrected chi connectivity index (χ0v) is 18.4. The van der Waals surface area contributed by atoms with Crippen LogP contribution >= 0.6 is 15.9 Å². The molecule has 3 amide bonds. The summed E-state index contributed by atoms with van der Waals surface area (Å²) in [7, 11) is 1.62. The van der Waals surface area contributed by atoms with E-state index in [-0.39, 0.29) is 35.4 Å². The van der Waals surface area contributed by atoms with Crippen molar-refractivity contribution in [3.8, 4) is 0 Å². The van der Waals surface area contributed by atoms with Crippen LogP contribution in [0.25, 0.3) is 0 Å². The molecule has 2 aliphatic rings. The lowest BCUT2D eigenvalue weighted by atomic mass is 10.0. The van der Waals surface area contributed by atoms with E-state index < -0.39 is 0 Å². The van der Waals surface area contributed by atoms with E-state index in [1.54, 1.807) is 43.4 Å². The molecule has 1 aromatic carbocycles. The van der Waals surface area contributed by atoms with Gasteiger partial charge in [-0.05, 0) is 65.9 Å². The first kappa shape index (κ1) is 20.7. The van der Waals surface area contributed by atoms with E-state index in [1.165, 1.54) is 4.90 Å². The highest BCUT2D eigenvalue weighted by Crippen LogP contribution is 2.32. The van der Waals surface area contributed by atoms with Crippen LogP contribution in [0.15, 0.2) is 45.5 Å². The monoisotopic (exact) mass is 473 g/mol. The number of nitrogens with one attached hydrogen (secondary N) is 1. The van der Waals surface area contributed by atoms with Gasteiger partial charge in [0.2, 0.25) is 5.91 Å². The molecule has 158 valence electrons. The van der Waals surface area contributed by atoms with Gasteiger partial charge in [0.1, 0.15) is 0 Å². The number of hydrogen-bond acceptors (Lipinski definition) is 4. The Morgan fingerprint density at radius 1 is 1.07 bits per heavy atom. The molecule has 1 saturated carbocycles. The smallest absolute Gasteiger partial charge is 0.293 e. The molecule has 0 unspecified atom stereocenters. The maximum atomic E-state index is 13.0. The lowest BCUT2D eigenvalue weighted by Gasteiger charge is -2.32. The molecule has 2 heterocycles. The van der Waals surface area contributed by atoms with Crippen molar-refractivity contribution in [1.29, 1.82) is 0 Å². The SMILES string of the molecule is CN(C(=O)c1ccc(Br)o1)c1ccccc1C(=O)NC1CCN(C(=O)C2CC2)CC1. The highest BCUT2D eigenvalue weighted by Gasteiger charge is 2.35. The van der Waals surface area contributed by atoms with E-state index in [1.807, 2.05) is 4.90 Å². The van der Waals surface area contributed by atoms with Crippen molar-refractivity contribution in [1.82, 2.24) is 10.2 Å². The number of halogens is 1. The molecule has 1 aromatic heterocycles. The first-order valence-corrected chi connectivity index (χ1v) is 11.0. The molecule has 7 nitrogen and oxygen atoms in total. The standard InChI is InChI=1S/C22H24BrN3O4/c1-25(22(29)18-8-9-19(23)30-18)17-5-3-2-4-16(17)20(27)24-15-10-12-26(13-11-15)21(28)14-6-7-14/h2-5,8-9,14-15H,6-7,10-13H2,1H3,(H,24,27). The average molecular weight is 474 g/mol. The van der Waals surface area contributed by atoms with Gasteiger partial charge in [-0.1, -0.05) is 12.1 Å². The Morgan fingerprint density at radius 2 is 1.77 bits per heavy atom. The molecule has 2 fully saturated rings. The number of carbonyl (C=O) groups excluding carboxylic acids is 3. The van der Waals surface area contributed by atoms with Gasteiger partial charge in [-0.15, -0.1) is 0 Å². The second kappa shape index (κ2) is 8.63.